The first-order valence-electron chi connectivity index (χ1n) is 6.84. The highest BCUT2D eigenvalue weighted by atomic mass is 16.5. The Kier molecular flexibility index (Phi) is 5.17. The first kappa shape index (κ1) is 13.5. The van der Waals surface area contributed by atoms with Gasteiger partial charge in [0.1, 0.15) is 0 Å². The molecule has 0 spiro atoms. The highest BCUT2D eigenvalue weighted by Gasteiger charge is 2.28. The fraction of sp³-hybridized carbons (Fsp3) is 0.600. The van der Waals surface area contributed by atoms with Crippen molar-refractivity contribution in [2.24, 2.45) is 5.92 Å². The van der Waals surface area contributed by atoms with Crippen LogP contribution in [0, 0.1) is 5.92 Å². The van der Waals surface area contributed by atoms with Crippen molar-refractivity contribution >= 4 is 0 Å². The van der Waals surface area contributed by atoms with Gasteiger partial charge in [-0.1, -0.05) is 37.3 Å². The summed E-state index contributed by atoms with van der Waals surface area (Å²) in [5, 5.41) is 3.36. The molecule has 0 radical (unpaired) electrons. The van der Waals surface area contributed by atoms with Gasteiger partial charge in [0.05, 0.1) is 13.2 Å². The third-order valence-corrected chi connectivity index (χ3v) is 3.76. The van der Waals surface area contributed by atoms with Crippen LogP contribution in [0.2, 0.25) is 0 Å². The minimum Gasteiger partial charge on any atom is -0.379 e. The molecular weight excluding hydrogens is 224 g/mol. The van der Waals surface area contributed by atoms with Crippen LogP contribution in [0.25, 0.3) is 0 Å². The summed E-state index contributed by atoms with van der Waals surface area (Å²) >= 11 is 0. The number of rotatable bonds is 6. The third-order valence-electron chi connectivity index (χ3n) is 3.76. The van der Waals surface area contributed by atoms with E-state index in [1.165, 1.54) is 5.56 Å². The molecule has 1 aromatic rings. The molecule has 2 unspecified atom stereocenters. The van der Waals surface area contributed by atoms with Crippen LogP contribution in [0.3, 0.4) is 0 Å². The molecule has 0 aromatic heterocycles. The van der Waals surface area contributed by atoms with Crippen LogP contribution >= 0.6 is 0 Å². The van der Waals surface area contributed by atoms with E-state index in [9.17, 15) is 0 Å². The Hall–Kier alpha value is -0.900. The van der Waals surface area contributed by atoms with Crippen molar-refractivity contribution in [3.8, 4) is 0 Å². The molecule has 18 heavy (non-hydrogen) atoms. The maximum atomic E-state index is 5.57. The second kappa shape index (κ2) is 6.88. The zero-order chi connectivity index (χ0) is 12.8. The average Bonchev–Trinajstić information content (AvgIpc) is 2.86. The van der Waals surface area contributed by atoms with Crippen LogP contribution in [0.4, 0.5) is 0 Å². The summed E-state index contributed by atoms with van der Waals surface area (Å²) < 4.78 is 5.57. The van der Waals surface area contributed by atoms with Gasteiger partial charge in [0, 0.05) is 25.0 Å². The van der Waals surface area contributed by atoms with E-state index in [0.29, 0.717) is 12.0 Å². The average molecular weight is 248 g/mol. The topological polar surface area (TPSA) is 24.5 Å². The Bertz CT molecular complexity index is 342. The van der Waals surface area contributed by atoms with Gasteiger partial charge in [-0.2, -0.15) is 0 Å². The van der Waals surface area contributed by atoms with E-state index in [1.807, 2.05) is 7.05 Å². The lowest BCUT2D eigenvalue weighted by atomic mass is 10.0. The summed E-state index contributed by atoms with van der Waals surface area (Å²) in [4.78, 5) is 2.50. The number of nitrogens with zero attached hydrogens (tertiary/aromatic N) is 1. The Labute approximate surface area is 110 Å². The molecule has 3 nitrogen and oxygen atoms in total. The molecule has 1 aliphatic heterocycles. The largest absolute Gasteiger partial charge is 0.379 e. The van der Waals surface area contributed by atoms with Crippen LogP contribution in [-0.4, -0.2) is 44.3 Å². The summed E-state index contributed by atoms with van der Waals surface area (Å²) in [6.07, 6.45) is 0. The lowest BCUT2D eigenvalue weighted by Gasteiger charge is -2.26. The zero-order valence-corrected chi connectivity index (χ0v) is 11.4. The van der Waals surface area contributed by atoms with Gasteiger partial charge in [0.15, 0.2) is 0 Å². The van der Waals surface area contributed by atoms with E-state index in [1.54, 1.807) is 0 Å². The second-order valence-corrected chi connectivity index (χ2v) is 5.01. The molecule has 2 atom stereocenters. The Morgan fingerprint density at radius 2 is 2.06 bits per heavy atom. The Morgan fingerprint density at radius 1 is 1.28 bits per heavy atom. The normalized spacial score (nSPS) is 23.7. The minimum atomic E-state index is 0.509. The summed E-state index contributed by atoms with van der Waals surface area (Å²) in [5.41, 5.74) is 1.39. The monoisotopic (exact) mass is 248 g/mol. The highest BCUT2D eigenvalue weighted by Crippen LogP contribution is 2.16. The molecule has 1 saturated heterocycles. The van der Waals surface area contributed by atoms with Crippen molar-refractivity contribution in [1.29, 1.82) is 0 Å². The molecule has 0 aliphatic carbocycles. The summed E-state index contributed by atoms with van der Waals surface area (Å²) in [7, 11) is 2.03. The predicted octanol–water partition coefficient (Wildman–Crippen LogP) is 1.74. The molecule has 100 valence electrons. The number of hydrogen-bond acceptors (Lipinski definition) is 3. The summed E-state index contributed by atoms with van der Waals surface area (Å²) in [6.45, 7) is 7.19. The van der Waals surface area contributed by atoms with Gasteiger partial charge < -0.3 is 10.1 Å². The standard InChI is InChI=1S/C15H24N2O/c1-3-17(9-13-7-5-4-6-8-13)10-14-11-18-12-15(14)16-2/h4-8,14-16H,3,9-12H2,1-2H3. The molecule has 1 aromatic carbocycles. The van der Waals surface area contributed by atoms with E-state index in [2.05, 4.69) is 47.5 Å². The van der Waals surface area contributed by atoms with E-state index >= 15 is 0 Å². The molecular formula is C15H24N2O. The van der Waals surface area contributed by atoms with Gasteiger partial charge in [0.25, 0.3) is 0 Å². The molecule has 1 heterocycles. The fourth-order valence-electron chi connectivity index (χ4n) is 2.58. The lowest BCUT2D eigenvalue weighted by Crippen LogP contribution is -2.40. The van der Waals surface area contributed by atoms with Gasteiger partial charge in [0.2, 0.25) is 0 Å². The van der Waals surface area contributed by atoms with Crippen LogP contribution in [-0.2, 0) is 11.3 Å². The van der Waals surface area contributed by atoms with Crippen molar-refractivity contribution in [2.45, 2.75) is 19.5 Å². The fourth-order valence-corrected chi connectivity index (χ4v) is 2.58. The lowest BCUT2D eigenvalue weighted by molar-refractivity contribution is 0.167. The van der Waals surface area contributed by atoms with Crippen molar-refractivity contribution < 1.29 is 4.74 Å². The van der Waals surface area contributed by atoms with E-state index in [0.717, 1.165) is 32.8 Å². The van der Waals surface area contributed by atoms with Crippen LogP contribution in [0.15, 0.2) is 30.3 Å². The molecule has 2 rings (SSSR count). The van der Waals surface area contributed by atoms with E-state index < -0.39 is 0 Å². The van der Waals surface area contributed by atoms with Gasteiger partial charge in [-0.3, -0.25) is 4.90 Å². The first-order valence-corrected chi connectivity index (χ1v) is 6.84. The van der Waals surface area contributed by atoms with Gasteiger partial charge in [-0.15, -0.1) is 0 Å². The van der Waals surface area contributed by atoms with E-state index in [-0.39, 0.29) is 0 Å². The third kappa shape index (κ3) is 3.55. The highest BCUT2D eigenvalue weighted by molar-refractivity contribution is 5.14. The number of benzene rings is 1. The first-order chi connectivity index (χ1) is 8.83. The van der Waals surface area contributed by atoms with Crippen LogP contribution in [0.5, 0.6) is 0 Å². The van der Waals surface area contributed by atoms with E-state index in [4.69, 9.17) is 4.74 Å². The van der Waals surface area contributed by atoms with Gasteiger partial charge in [-0.05, 0) is 19.2 Å². The molecule has 0 amide bonds. The van der Waals surface area contributed by atoms with Gasteiger partial charge >= 0.3 is 0 Å². The molecule has 0 bridgehead atoms. The van der Waals surface area contributed by atoms with Crippen LogP contribution in [0.1, 0.15) is 12.5 Å². The maximum absolute atomic E-state index is 5.57. The molecule has 0 saturated carbocycles. The smallest absolute Gasteiger partial charge is 0.0623 e. The van der Waals surface area contributed by atoms with Crippen molar-refractivity contribution in [2.75, 3.05) is 33.4 Å². The zero-order valence-electron chi connectivity index (χ0n) is 11.4. The predicted molar refractivity (Wildman–Crippen MR) is 74.5 cm³/mol. The minimum absolute atomic E-state index is 0.509. The molecule has 1 fully saturated rings. The van der Waals surface area contributed by atoms with Gasteiger partial charge in [-0.25, -0.2) is 0 Å². The van der Waals surface area contributed by atoms with Crippen molar-refractivity contribution in [3.63, 3.8) is 0 Å². The van der Waals surface area contributed by atoms with Crippen molar-refractivity contribution in [3.05, 3.63) is 35.9 Å². The molecule has 3 heteroatoms. The SMILES string of the molecule is CCN(Cc1ccccc1)CC1COCC1NC. The quantitative estimate of drug-likeness (QED) is 0.830. The van der Waals surface area contributed by atoms with Crippen molar-refractivity contribution in [1.82, 2.24) is 10.2 Å². The Morgan fingerprint density at radius 3 is 2.72 bits per heavy atom. The molecule has 1 N–H and O–H groups in total. The Balaban J connectivity index is 1.89. The number of ether oxygens (including phenoxy) is 1. The number of hydrogen-bond donors (Lipinski definition) is 1. The number of nitrogens with one attached hydrogen (secondary N) is 1. The molecule has 1 aliphatic rings. The summed E-state index contributed by atoms with van der Waals surface area (Å²) in [5.74, 6) is 0.610. The maximum Gasteiger partial charge on any atom is 0.0623 e. The second-order valence-electron chi connectivity index (χ2n) is 5.01. The number of likely N-dealkylation sites (N-methyl/N-ethyl adjacent to an activating group) is 1. The van der Waals surface area contributed by atoms with Crippen LogP contribution < -0.4 is 5.32 Å². The summed E-state index contributed by atoms with van der Waals surface area (Å²) in [6, 6.07) is 11.2.